The molecule has 5 nitrogen and oxygen atoms in total. The second-order valence-electron chi connectivity index (χ2n) is 7.15. The predicted octanol–water partition coefficient (Wildman–Crippen LogP) is 4.17. The van der Waals surface area contributed by atoms with Gasteiger partial charge in [0.25, 0.3) is 0 Å². The Morgan fingerprint density at radius 1 is 0.963 bits per heavy atom. The van der Waals surface area contributed by atoms with E-state index in [4.69, 9.17) is 9.97 Å². The maximum absolute atomic E-state index is 4.96. The molecular weight excluding hydrogens is 334 g/mol. The quantitative estimate of drug-likeness (QED) is 0.488. The van der Waals surface area contributed by atoms with Crippen LogP contribution in [-0.2, 0) is 19.9 Å². The zero-order valence-electron chi connectivity index (χ0n) is 15.8. The first-order valence-corrected chi connectivity index (χ1v) is 9.25. The van der Waals surface area contributed by atoms with Crippen molar-refractivity contribution in [2.45, 2.75) is 26.7 Å². The summed E-state index contributed by atoms with van der Waals surface area (Å²) in [5.41, 5.74) is 6.34. The molecule has 0 atom stereocenters. The fourth-order valence-electron chi connectivity index (χ4n) is 3.82. The van der Waals surface area contributed by atoms with Gasteiger partial charge in [-0.1, -0.05) is 30.3 Å². The van der Waals surface area contributed by atoms with Crippen LogP contribution < -0.4 is 0 Å². The van der Waals surface area contributed by atoms with Crippen LogP contribution in [0.1, 0.15) is 22.9 Å². The molecule has 0 bridgehead atoms. The first-order chi connectivity index (χ1) is 13.1. The van der Waals surface area contributed by atoms with E-state index >= 15 is 0 Å². The number of rotatable bonds is 3. The van der Waals surface area contributed by atoms with Gasteiger partial charge in [-0.3, -0.25) is 4.98 Å². The van der Waals surface area contributed by atoms with E-state index in [0.29, 0.717) is 0 Å². The van der Waals surface area contributed by atoms with Gasteiger partial charge in [-0.25, -0.2) is 9.97 Å². The van der Waals surface area contributed by atoms with Crippen molar-refractivity contribution in [1.29, 1.82) is 0 Å². The number of hydrogen-bond donors (Lipinski definition) is 0. The third-order valence-electron chi connectivity index (χ3n) is 5.38. The fraction of sp³-hybridized carbons (Fsp3) is 0.227. The average Bonchev–Trinajstić information content (AvgIpc) is 3.26. The molecule has 3 heterocycles. The molecule has 5 rings (SSSR count). The first kappa shape index (κ1) is 16.0. The average molecular weight is 355 g/mol. The number of aromatic nitrogens is 5. The molecule has 3 aromatic heterocycles. The van der Waals surface area contributed by atoms with Crippen molar-refractivity contribution in [3.8, 4) is 0 Å². The summed E-state index contributed by atoms with van der Waals surface area (Å²) in [4.78, 5) is 14.2. The smallest absolute Gasteiger partial charge is 0.158 e. The molecule has 5 heteroatoms. The number of fused-ring (bicyclic) bond motifs is 4. The maximum atomic E-state index is 4.96. The lowest BCUT2D eigenvalue weighted by molar-refractivity contribution is 0.779. The highest BCUT2D eigenvalue weighted by Gasteiger charge is 2.12. The minimum Gasteiger partial charge on any atom is -0.331 e. The molecule has 0 saturated heterocycles. The second kappa shape index (κ2) is 5.91. The summed E-state index contributed by atoms with van der Waals surface area (Å²) in [5.74, 6) is 1.09. The van der Waals surface area contributed by atoms with Crippen LogP contribution in [0.3, 0.4) is 0 Å². The summed E-state index contributed by atoms with van der Waals surface area (Å²) in [6.07, 6.45) is 5.73. The molecule has 0 aliphatic heterocycles. The van der Waals surface area contributed by atoms with Crippen LogP contribution >= 0.6 is 0 Å². The van der Waals surface area contributed by atoms with Crippen LogP contribution in [-0.4, -0.2) is 23.9 Å². The van der Waals surface area contributed by atoms with Gasteiger partial charge in [0, 0.05) is 36.9 Å². The van der Waals surface area contributed by atoms with Gasteiger partial charge in [-0.15, -0.1) is 0 Å². The Labute approximate surface area is 157 Å². The van der Waals surface area contributed by atoms with Crippen LogP contribution in [0.4, 0.5) is 0 Å². The first-order valence-electron chi connectivity index (χ1n) is 9.25. The lowest BCUT2D eigenvalue weighted by Crippen LogP contribution is -2.00. The van der Waals surface area contributed by atoms with Crippen LogP contribution in [0.5, 0.6) is 0 Å². The van der Waals surface area contributed by atoms with Crippen LogP contribution in [0.2, 0.25) is 0 Å². The van der Waals surface area contributed by atoms with E-state index in [1.807, 2.05) is 13.1 Å². The molecule has 134 valence electrons. The summed E-state index contributed by atoms with van der Waals surface area (Å²) >= 11 is 0. The summed E-state index contributed by atoms with van der Waals surface area (Å²) in [5, 5.41) is 2.44. The normalized spacial score (nSPS) is 11.8. The molecule has 0 N–H and O–H groups in total. The Kier molecular flexibility index (Phi) is 3.50. The number of imidazole rings is 2. The summed E-state index contributed by atoms with van der Waals surface area (Å²) < 4.78 is 4.33. The van der Waals surface area contributed by atoms with E-state index < -0.39 is 0 Å². The molecule has 0 radical (unpaired) electrons. The van der Waals surface area contributed by atoms with Gasteiger partial charge in [-0.05, 0) is 31.7 Å². The molecule has 0 aliphatic rings. The summed E-state index contributed by atoms with van der Waals surface area (Å²) in [6, 6.07) is 12.8. The topological polar surface area (TPSA) is 48.0 Å². The van der Waals surface area contributed by atoms with E-state index in [0.717, 1.165) is 46.9 Å². The standard InChI is InChI=1S/C22H21N5/c1-14-12-23-15(2)22-24-17(13-27(14)22)9-11-20-25-21-18-7-5-4-6-16(18)8-10-19(21)26(20)3/h4-8,10,12-13H,9,11H2,1-3H3. The van der Waals surface area contributed by atoms with Crippen molar-refractivity contribution in [3.05, 3.63) is 71.7 Å². The molecule has 0 aliphatic carbocycles. The zero-order valence-corrected chi connectivity index (χ0v) is 15.8. The lowest BCUT2D eigenvalue weighted by atomic mass is 10.1. The van der Waals surface area contributed by atoms with E-state index in [2.05, 4.69) is 70.5 Å². The molecule has 0 spiro atoms. The zero-order chi connectivity index (χ0) is 18.5. The maximum Gasteiger partial charge on any atom is 0.158 e. The number of benzene rings is 2. The van der Waals surface area contributed by atoms with Crippen molar-refractivity contribution in [3.63, 3.8) is 0 Å². The Morgan fingerprint density at radius 2 is 1.81 bits per heavy atom. The highest BCUT2D eigenvalue weighted by atomic mass is 15.1. The van der Waals surface area contributed by atoms with E-state index in [-0.39, 0.29) is 0 Å². The minimum atomic E-state index is 0.856. The summed E-state index contributed by atoms with van der Waals surface area (Å²) in [6.45, 7) is 4.06. The third kappa shape index (κ3) is 2.50. The molecule has 2 aromatic carbocycles. The SMILES string of the molecule is Cc1ncc(C)n2cc(CCc3nc4c5ccccc5ccc4n3C)nc12. The Morgan fingerprint density at radius 3 is 2.67 bits per heavy atom. The van der Waals surface area contributed by atoms with E-state index in [1.54, 1.807) is 0 Å². The van der Waals surface area contributed by atoms with Crippen molar-refractivity contribution >= 4 is 27.5 Å². The van der Waals surface area contributed by atoms with Crippen molar-refractivity contribution in [1.82, 2.24) is 23.9 Å². The summed E-state index contributed by atoms with van der Waals surface area (Å²) in [7, 11) is 2.10. The Balaban J connectivity index is 1.52. The van der Waals surface area contributed by atoms with Gasteiger partial charge in [-0.2, -0.15) is 0 Å². The van der Waals surface area contributed by atoms with E-state index in [9.17, 15) is 0 Å². The monoisotopic (exact) mass is 355 g/mol. The van der Waals surface area contributed by atoms with Gasteiger partial charge < -0.3 is 8.97 Å². The molecule has 0 saturated carbocycles. The molecule has 0 fully saturated rings. The highest BCUT2D eigenvalue weighted by Crippen LogP contribution is 2.25. The number of aryl methyl sites for hydroxylation is 5. The van der Waals surface area contributed by atoms with E-state index in [1.165, 1.54) is 16.3 Å². The molecule has 0 unspecified atom stereocenters. The third-order valence-corrected chi connectivity index (χ3v) is 5.38. The molecule has 0 amide bonds. The van der Waals surface area contributed by atoms with Crippen molar-refractivity contribution < 1.29 is 0 Å². The van der Waals surface area contributed by atoms with Crippen LogP contribution in [0.15, 0.2) is 48.8 Å². The van der Waals surface area contributed by atoms with Gasteiger partial charge in [0.05, 0.1) is 22.4 Å². The number of hydrogen-bond acceptors (Lipinski definition) is 3. The van der Waals surface area contributed by atoms with Crippen LogP contribution in [0, 0.1) is 13.8 Å². The van der Waals surface area contributed by atoms with Crippen molar-refractivity contribution in [2.75, 3.05) is 0 Å². The second-order valence-corrected chi connectivity index (χ2v) is 7.15. The Bertz CT molecular complexity index is 1270. The van der Waals surface area contributed by atoms with Crippen molar-refractivity contribution in [2.24, 2.45) is 7.05 Å². The lowest BCUT2D eigenvalue weighted by Gasteiger charge is -2.01. The number of nitrogens with zero attached hydrogens (tertiary/aromatic N) is 5. The van der Waals surface area contributed by atoms with Gasteiger partial charge >= 0.3 is 0 Å². The van der Waals surface area contributed by atoms with Gasteiger partial charge in [0.1, 0.15) is 5.82 Å². The predicted molar refractivity (Wildman–Crippen MR) is 108 cm³/mol. The van der Waals surface area contributed by atoms with Gasteiger partial charge in [0.15, 0.2) is 5.65 Å². The Hall–Kier alpha value is -3.21. The van der Waals surface area contributed by atoms with Crippen LogP contribution in [0.25, 0.3) is 27.5 Å². The molecule has 27 heavy (non-hydrogen) atoms. The molecule has 5 aromatic rings. The highest BCUT2D eigenvalue weighted by molar-refractivity contribution is 6.04. The largest absolute Gasteiger partial charge is 0.331 e. The molecular formula is C22H21N5. The minimum absolute atomic E-state index is 0.856. The fourth-order valence-corrected chi connectivity index (χ4v) is 3.82. The van der Waals surface area contributed by atoms with Gasteiger partial charge in [0.2, 0.25) is 0 Å².